The molecular weight excluding hydrogens is 382 g/mol. The Morgan fingerprint density at radius 2 is 2.10 bits per heavy atom. The average Bonchev–Trinajstić information content (AvgIpc) is 3.23. The molecule has 2 heterocycles. The Morgan fingerprint density at radius 3 is 2.90 bits per heavy atom. The highest BCUT2D eigenvalue weighted by molar-refractivity contribution is 5.95. The van der Waals surface area contributed by atoms with Gasteiger partial charge in [-0.15, -0.1) is 0 Å². The van der Waals surface area contributed by atoms with Crippen molar-refractivity contribution in [2.75, 3.05) is 6.54 Å². The van der Waals surface area contributed by atoms with Crippen molar-refractivity contribution in [2.24, 2.45) is 0 Å². The number of allylic oxidation sites excluding steroid dienone is 1. The maximum atomic E-state index is 12.5. The molecule has 0 unspecified atom stereocenters. The molecule has 0 spiro atoms. The summed E-state index contributed by atoms with van der Waals surface area (Å²) in [6, 6.07) is 4.73. The van der Waals surface area contributed by atoms with Gasteiger partial charge in [-0.3, -0.25) is 14.2 Å². The molecule has 1 aliphatic carbocycles. The Labute approximate surface area is 175 Å². The molecule has 0 bridgehead atoms. The second-order valence-corrected chi connectivity index (χ2v) is 8.02. The molecule has 0 saturated heterocycles. The number of amides is 1. The van der Waals surface area contributed by atoms with E-state index in [1.165, 1.54) is 18.4 Å². The van der Waals surface area contributed by atoms with Crippen LogP contribution in [0.2, 0.25) is 0 Å². The highest BCUT2D eigenvalue weighted by Gasteiger charge is 2.21. The molecular formula is C23H27N3O4. The molecule has 0 radical (unpaired) electrons. The molecule has 7 heteroatoms. The number of hydrogen-bond acceptors (Lipinski definition) is 5. The Balaban J connectivity index is 1.37. The first-order chi connectivity index (χ1) is 14.5. The quantitative estimate of drug-likeness (QED) is 0.585. The van der Waals surface area contributed by atoms with E-state index in [1.54, 1.807) is 29.7 Å². The summed E-state index contributed by atoms with van der Waals surface area (Å²) in [5.74, 6) is -0.162. The third kappa shape index (κ3) is 4.30. The van der Waals surface area contributed by atoms with Gasteiger partial charge >= 0.3 is 5.97 Å². The van der Waals surface area contributed by atoms with Crippen LogP contribution in [-0.2, 0) is 22.5 Å². The molecule has 1 amide bonds. The monoisotopic (exact) mass is 409 g/mol. The summed E-state index contributed by atoms with van der Waals surface area (Å²) in [7, 11) is 0. The highest BCUT2D eigenvalue weighted by Crippen LogP contribution is 2.19. The second kappa shape index (κ2) is 8.81. The Bertz CT molecular complexity index is 1070. The van der Waals surface area contributed by atoms with Crippen molar-refractivity contribution in [3.63, 3.8) is 0 Å². The van der Waals surface area contributed by atoms with Gasteiger partial charge < -0.3 is 10.1 Å². The number of nitrogens with one attached hydrogen (secondary N) is 1. The van der Waals surface area contributed by atoms with Crippen LogP contribution in [-0.4, -0.2) is 34.1 Å². The van der Waals surface area contributed by atoms with Crippen LogP contribution in [0.15, 0.2) is 34.6 Å². The lowest BCUT2D eigenvalue weighted by molar-refractivity contribution is -0.129. The maximum absolute atomic E-state index is 12.5. The summed E-state index contributed by atoms with van der Waals surface area (Å²) in [4.78, 5) is 41.9. The zero-order chi connectivity index (χ0) is 21.1. The molecule has 0 fully saturated rings. The molecule has 1 aromatic heterocycles. The first-order valence-corrected chi connectivity index (χ1v) is 10.7. The van der Waals surface area contributed by atoms with E-state index >= 15 is 0 Å². The number of fused-ring (bicyclic) bond motifs is 2. The van der Waals surface area contributed by atoms with Crippen molar-refractivity contribution in [3.8, 4) is 0 Å². The summed E-state index contributed by atoms with van der Waals surface area (Å²) >= 11 is 0. The second-order valence-electron chi connectivity index (χ2n) is 8.02. The molecule has 7 nitrogen and oxygen atoms in total. The van der Waals surface area contributed by atoms with Gasteiger partial charge in [-0.05, 0) is 63.6 Å². The number of carbonyl (C=O) groups excluding carboxylic acids is 2. The SMILES string of the molecule is C[C@@H](OC(=O)c1ccc2c(=O)n3c(nc2c1)CCC3)C(=O)NCCC1=CCCCC1. The number of nitrogens with zero attached hydrogens (tertiary/aromatic N) is 2. The van der Waals surface area contributed by atoms with Gasteiger partial charge in [-0.1, -0.05) is 11.6 Å². The molecule has 158 valence electrons. The molecule has 1 N–H and O–H groups in total. The van der Waals surface area contributed by atoms with Crippen LogP contribution in [0.25, 0.3) is 10.9 Å². The van der Waals surface area contributed by atoms with Crippen LogP contribution < -0.4 is 10.9 Å². The Kier molecular flexibility index (Phi) is 5.97. The van der Waals surface area contributed by atoms with Gasteiger partial charge in [-0.2, -0.15) is 0 Å². The van der Waals surface area contributed by atoms with Crippen LogP contribution in [0.1, 0.15) is 61.6 Å². The van der Waals surface area contributed by atoms with Crippen LogP contribution in [0.4, 0.5) is 0 Å². The standard InChI is InChI=1S/C23H27N3O4/c1-15(21(27)24-12-11-16-6-3-2-4-7-16)30-23(29)17-9-10-18-19(14-17)25-20-8-5-13-26(20)22(18)28/h6,9-10,14-15H,2-5,7-8,11-13H2,1H3,(H,24,27)/t15-/m1/s1. The van der Waals surface area contributed by atoms with Crippen LogP contribution in [0, 0.1) is 0 Å². The molecule has 1 aromatic carbocycles. The van der Waals surface area contributed by atoms with E-state index < -0.39 is 12.1 Å². The minimum atomic E-state index is -0.896. The molecule has 4 rings (SSSR count). The zero-order valence-electron chi connectivity index (χ0n) is 17.3. The number of esters is 1. The van der Waals surface area contributed by atoms with Crippen LogP contribution in [0.3, 0.4) is 0 Å². The smallest absolute Gasteiger partial charge is 0.338 e. The highest BCUT2D eigenvalue weighted by atomic mass is 16.5. The van der Waals surface area contributed by atoms with Gasteiger partial charge in [0.1, 0.15) is 5.82 Å². The molecule has 1 atom stereocenters. The summed E-state index contributed by atoms with van der Waals surface area (Å²) < 4.78 is 7.03. The van der Waals surface area contributed by atoms with E-state index in [4.69, 9.17) is 4.74 Å². The maximum Gasteiger partial charge on any atom is 0.338 e. The summed E-state index contributed by atoms with van der Waals surface area (Å²) in [5, 5.41) is 3.32. The van der Waals surface area contributed by atoms with Crippen molar-refractivity contribution in [1.29, 1.82) is 0 Å². The van der Waals surface area contributed by atoms with E-state index in [-0.39, 0.29) is 17.0 Å². The fourth-order valence-corrected chi connectivity index (χ4v) is 4.11. The number of carbonyl (C=O) groups is 2. The summed E-state index contributed by atoms with van der Waals surface area (Å²) in [5.41, 5.74) is 2.08. The number of aryl methyl sites for hydroxylation is 1. The average molecular weight is 409 g/mol. The van der Waals surface area contributed by atoms with Crippen molar-refractivity contribution < 1.29 is 14.3 Å². The van der Waals surface area contributed by atoms with Crippen molar-refractivity contribution in [2.45, 2.75) is 64.5 Å². The third-order valence-corrected chi connectivity index (χ3v) is 5.84. The predicted octanol–water partition coefficient (Wildman–Crippen LogP) is 2.89. The van der Waals surface area contributed by atoms with Gasteiger partial charge in [0, 0.05) is 19.5 Å². The molecule has 30 heavy (non-hydrogen) atoms. The first-order valence-electron chi connectivity index (χ1n) is 10.7. The zero-order valence-corrected chi connectivity index (χ0v) is 17.3. The van der Waals surface area contributed by atoms with Gasteiger partial charge in [0.25, 0.3) is 11.5 Å². The normalized spacial score (nSPS) is 16.6. The lowest BCUT2D eigenvalue weighted by Crippen LogP contribution is -2.36. The van der Waals surface area contributed by atoms with E-state index in [0.29, 0.717) is 24.0 Å². The third-order valence-electron chi connectivity index (χ3n) is 5.84. The van der Waals surface area contributed by atoms with E-state index in [0.717, 1.165) is 37.9 Å². The molecule has 0 saturated carbocycles. The minimum absolute atomic E-state index is 0.0757. The van der Waals surface area contributed by atoms with Crippen molar-refractivity contribution in [3.05, 3.63) is 51.6 Å². The van der Waals surface area contributed by atoms with Gasteiger partial charge in [-0.25, -0.2) is 9.78 Å². The first kappa shape index (κ1) is 20.3. The molecule has 2 aromatic rings. The van der Waals surface area contributed by atoms with E-state index in [2.05, 4.69) is 16.4 Å². The number of hydrogen-bond donors (Lipinski definition) is 1. The van der Waals surface area contributed by atoms with Gasteiger partial charge in [0.2, 0.25) is 0 Å². The van der Waals surface area contributed by atoms with Crippen LogP contribution >= 0.6 is 0 Å². The minimum Gasteiger partial charge on any atom is -0.449 e. The largest absolute Gasteiger partial charge is 0.449 e. The molecule has 1 aliphatic heterocycles. The van der Waals surface area contributed by atoms with Crippen LogP contribution in [0.5, 0.6) is 0 Å². The van der Waals surface area contributed by atoms with Crippen molar-refractivity contribution in [1.82, 2.24) is 14.9 Å². The fraction of sp³-hybridized carbons (Fsp3) is 0.478. The summed E-state index contributed by atoms with van der Waals surface area (Å²) in [6.45, 7) is 2.79. The molecule has 2 aliphatic rings. The Morgan fingerprint density at radius 1 is 1.23 bits per heavy atom. The number of benzene rings is 1. The van der Waals surface area contributed by atoms with E-state index in [1.807, 2.05) is 0 Å². The van der Waals surface area contributed by atoms with Gasteiger partial charge in [0.15, 0.2) is 6.10 Å². The number of aromatic nitrogens is 2. The topological polar surface area (TPSA) is 90.3 Å². The Hall–Kier alpha value is -2.96. The summed E-state index contributed by atoms with van der Waals surface area (Å²) in [6.07, 6.45) is 8.53. The van der Waals surface area contributed by atoms with E-state index in [9.17, 15) is 14.4 Å². The fourth-order valence-electron chi connectivity index (χ4n) is 4.11. The predicted molar refractivity (Wildman–Crippen MR) is 113 cm³/mol. The lowest BCUT2D eigenvalue weighted by Gasteiger charge is -2.16. The lowest BCUT2D eigenvalue weighted by atomic mass is 9.97. The van der Waals surface area contributed by atoms with Gasteiger partial charge in [0.05, 0.1) is 16.5 Å². The van der Waals surface area contributed by atoms with Crippen molar-refractivity contribution >= 4 is 22.8 Å². The number of ether oxygens (including phenoxy) is 1. The number of rotatable bonds is 6.